The minimum atomic E-state index is -1.18. The van der Waals surface area contributed by atoms with Crippen LogP contribution in [-0.4, -0.2) is 17.7 Å². The lowest BCUT2D eigenvalue weighted by Gasteiger charge is -2.10. The zero-order chi connectivity index (χ0) is 16.6. The summed E-state index contributed by atoms with van der Waals surface area (Å²) in [6, 6.07) is 6.84. The van der Waals surface area contributed by atoms with Gasteiger partial charge in [-0.15, -0.1) is 0 Å². The van der Waals surface area contributed by atoms with Gasteiger partial charge in [-0.3, -0.25) is 4.79 Å². The molecule has 0 saturated heterocycles. The predicted molar refractivity (Wildman–Crippen MR) is 82.8 cm³/mol. The molecule has 3 aromatic rings. The molecule has 0 radical (unpaired) electrons. The largest absolute Gasteiger partial charge is 0.479 e. The molecular formula is C17H14O6. The maximum absolute atomic E-state index is 12.7. The molecule has 3 rings (SSSR count). The van der Waals surface area contributed by atoms with Gasteiger partial charge in [-0.1, -0.05) is 6.07 Å². The van der Waals surface area contributed by atoms with Crippen LogP contribution in [0.15, 0.2) is 44.2 Å². The Labute approximate surface area is 130 Å². The number of carboxylic acids is 1. The lowest BCUT2D eigenvalue weighted by Crippen LogP contribution is -2.16. The number of aryl methyl sites for hydroxylation is 2. The van der Waals surface area contributed by atoms with Gasteiger partial charge in [-0.05, 0) is 43.2 Å². The number of carbonyl (C=O) groups is 1. The zero-order valence-corrected chi connectivity index (χ0v) is 12.6. The van der Waals surface area contributed by atoms with E-state index in [1.54, 1.807) is 18.2 Å². The smallest absolute Gasteiger partial charge is 0.341 e. The molecular weight excluding hydrogens is 300 g/mol. The monoisotopic (exact) mass is 314 g/mol. The molecule has 0 unspecified atom stereocenters. The lowest BCUT2D eigenvalue weighted by atomic mass is 10.1. The van der Waals surface area contributed by atoms with E-state index in [2.05, 4.69) is 0 Å². The highest BCUT2D eigenvalue weighted by Crippen LogP contribution is 2.32. The zero-order valence-electron chi connectivity index (χ0n) is 12.6. The normalized spacial score (nSPS) is 10.9. The summed E-state index contributed by atoms with van der Waals surface area (Å²) in [6.07, 6.45) is 1.43. The van der Waals surface area contributed by atoms with Crippen molar-refractivity contribution >= 4 is 16.9 Å². The fourth-order valence-corrected chi connectivity index (χ4v) is 2.47. The third-order valence-electron chi connectivity index (χ3n) is 3.37. The Morgan fingerprint density at radius 3 is 2.74 bits per heavy atom. The van der Waals surface area contributed by atoms with Crippen molar-refractivity contribution in [1.82, 2.24) is 0 Å². The first-order chi connectivity index (χ1) is 11.0. The third kappa shape index (κ3) is 2.70. The standard InChI is InChI=1S/C17H14O6/c1-9-6-10(2)15-11(7-9)14(20)17(22-8-13(18)19)16(23-15)12-4-3-5-21-12/h3-7H,8H2,1-2H3,(H,18,19). The van der Waals surface area contributed by atoms with Crippen LogP contribution in [0.5, 0.6) is 5.75 Å². The molecule has 0 atom stereocenters. The molecule has 2 heterocycles. The fourth-order valence-electron chi connectivity index (χ4n) is 2.47. The molecule has 0 aliphatic carbocycles. The summed E-state index contributed by atoms with van der Waals surface area (Å²) in [6.45, 7) is 3.06. The Morgan fingerprint density at radius 2 is 2.09 bits per heavy atom. The molecule has 0 saturated carbocycles. The summed E-state index contributed by atoms with van der Waals surface area (Å²) < 4.78 is 16.3. The van der Waals surface area contributed by atoms with E-state index in [1.807, 2.05) is 19.9 Å². The average molecular weight is 314 g/mol. The number of benzene rings is 1. The second-order valence-corrected chi connectivity index (χ2v) is 5.21. The maximum atomic E-state index is 12.7. The Balaban J connectivity index is 2.32. The third-order valence-corrected chi connectivity index (χ3v) is 3.37. The van der Waals surface area contributed by atoms with Crippen LogP contribution < -0.4 is 10.2 Å². The molecule has 2 aromatic heterocycles. The summed E-state index contributed by atoms with van der Waals surface area (Å²) in [5, 5.41) is 9.15. The van der Waals surface area contributed by atoms with Crippen LogP contribution in [0.1, 0.15) is 11.1 Å². The van der Waals surface area contributed by atoms with Gasteiger partial charge in [0.15, 0.2) is 12.4 Å². The number of ether oxygens (including phenoxy) is 1. The molecule has 1 N–H and O–H groups in total. The molecule has 118 valence electrons. The number of hydrogen-bond acceptors (Lipinski definition) is 5. The highest BCUT2D eigenvalue weighted by molar-refractivity contribution is 5.84. The van der Waals surface area contributed by atoms with E-state index in [4.69, 9.17) is 18.7 Å². The average Bonchev–Trinajstić information content (AvgIpc) is 3.00. The highest BCUT2D eigenvalue weighted by atomic mass is 16.5. The summed E-state index contributed by atoms with van der Waals surface area (Å²) in [4.78, 5) is 23.5. The molecule has 23 heavy (non-hydrogen) atoms. The van der Waals surface area contributed by atoms with Crippen LogP contribution in [0.4, 0.5) is 0 Å². The number of hydrogen-bond donors (Lipinski definition) is 1. The van der Waals surface area contributed by atoms with Crippen molar-refractivity contribution < 1.29 is 23.5 Å². The summed E-state index contributed by atoms with van der Waals surface area (Å²) in [5.41, 5.74) is 1.70. The summed E-state index contributed by atoms with van der Waals surface area (Å²) in [7, 11) is 0. The van der Waals surface area contributed by atoms with E-state index in [0.717, 1.165) is 11.1 Å². The van der Waals surface area contributed by atoms with Crippen molar-refractivity contribution in [2.24, 2.45) is 0 Å². The number of aliphatic carboxylic acids is 1. The molecule has 1 aromatic carbocycles. The van der Waals surface area contributed by atoms with Crippen molar-refractivity contribution in [2.45, 2.75) is 13.8 Å². The minimum Gasteiger partial charge on any atom is -0.479 e. The van der Waals surface area contributed by atoms with Crippen molar-refractivity contribution in [2.75, 3.05) is 6.61 Å². The van der Waals surface area contributed by atoms with E-state index in [9.17, 15) is 9.59 Å². The van der Waals surface area contributed by atoms with Gasteiger partial charge >= 0.3 is 5.97 Å². The van der Waals surface area contributed by atoms with Crippen molar-refractivity contribution in [3.63, 3.8) is 0 Å². The van der Waals surface area contributed by atoms with E-state index in [-0.39, 0.29) is 11.5 Å². The minimum absolute atomic E-state index is 0.0840. The van der Waals surface area contributed by atoms with Gasteiger partial charge < -0.3 is 18.7 Å². The van der Waals surface area contributed by atoms with E-state index in [0.29, 0.717) is 16.7 Å². The first-order valence-corrected chi connectivity index (χ1v) is 6.94. The first-order valence-electron chi connectivity index (χ1n) is 6.94. The second-order valence-electron chi connectivity index (χ2n) is 5.21. The quantitative estimate of drug-likeness (QED) is 0.795. The van der Waals surface area contributed by atoms with Crippen LogP contribution in [0.2, 0.25) is 0 Å². The molecule has 6 heteroatoms. The van der Waals surface area contributed by atoms with Crippen LogP contribution in [0.3, 0.4) is 0 Å². The Hall–Kier alpha value is -3.02. The van der Waals surface area contributed by atoms with Crippen LogP contribution >= 0.6 is 0 Å². The van der Waals surface area contributed by atoms with Gasteiger partial charge in [0, 0.05) is 0 Å². The Bertz CT molecular complexity index is 934. The van der Waals surface area contributed by atoms with Crippen LogP contribution in [-0.2, 0) is 4.79 Å². The second kappa shape index (κ2) is 5.64. The molecule has 0 spiro atoms. The topological polar surface area (TPSA) is 89.9 Å². The van der Waals surface area contributed by atoms with E-state index in [1.165, 1.54) is 6.26 Å². The van der Waals surface area contributed by atoms with E-state index < -0.39 is 18.0 Å². The lowest BCUT2D eigenvalue weighted by molar-refractivity contribution is -0.139. The van der Waals surface area contributed by atoms with Crippen molar-refractivity contribution in [1.29, 1.82) is 0 Å². The molecule has 0 bridgehead atoms. The summed E-state index contributed by atoms with van der Waals surface area (Å²) >= 11 is 0. The van der Waals surface area contributed by atoms with Gasteiger partial charge in [0.05, 0.1) is 11.6 Å². The first kappa shape index (κ1) is 14.9. The van der Waals surface area contributed by atoms with Crippen LogP contribution in [0, 0.1) is 13.8 Å². The Morgan fingerprint density at radius 1 is 1.30 bits per heavy atom. The number of rotatable bonds is 4. The maximum Gasteiger partial charge on any atom is 0.341 e. The van der Waals surface area contributed by atoms with Gasteiger partial charge in [0.2, 0.25) is 16.9 Å². The Kier molecular flexibility index (Phi) is 3.65. The molecule has 0 amide bonds. The molecule has 6 nitrogen and oxygen atoms in total. The molecule has 0 aliphatic heterocycles. The molecule has 0 fully saturated rings. The fraction of sp³-hybridized carbons (Fsp3) is 0.176. The van der Waals surface area contributed by atoms with Crippen molar-refractivity contribution in [3.05, 3.63) is 51.9 Å². The van der Waals surface area contributed by atoms with Gasteiger partial charge in [0.1, 0.15) is 5.58 Å². The summed E-state index contributed by atoms with van der Waals surface area (Å²) in [5.74, 6) is -0.972. The number of fused-ring (bicyclic) bond motifs is 1. The highest BCUT2D eigenvalue weighted by Gasteiger charge is 2.21. The number of carboxylic acid groups (broad SMARTS) is 1. The van der Waals surface area contributed by atoms with Crippen LogP contribution in [0.25, 0.3) is 22.5 Å². The van der Waals surface area contributed by atoms with Gasteiger partial charge in [-0.25, -0.2) is 4.79 Å². The molecule has 0 aliphatic rings. The number of furan rings is 1. The predicted octanol–water partition coefficient (Wildman–Crippen LogP) is 3.13. The van der Waals surface area contributed by atoms with Gasteiger partial charge in [-0.2, -0.15) is 0 Å². The van der Waals surface area contributed by atoms with E-state index >= 15 is 0 Å². The van der Waals surface area contributed by atoms with Gasteiger partial charge in [0.25, 0.3) is 0 Å². The van der Waals surface area contributed by atoms with Crippen molar-refractivity contribution in [3.8, 4) is 17.3 Å². The SMILES string of the molecule is Cc1cc(C)c2oc(-c3ccco3)c(OCC(=O)O)c(=O)c2c1.